The summed E-state index contributed by atoms with van der Waals surface area (Å²) >= 11 is 0. The molecule has 2 nitrogen and oxygen atoms in total. The maximum atomic E-state index is 9.48. The highest BCUT2D eigenvalue weighted by atomic mass is 16.3. The van der Waals surface area contributed by atoms with Crippen LogP contribution in [-0.4, -0.2) is 11.3 Å². The Balaban J connectivity index is 2.00. The number of unbranched alkanes of at least 4 members (excludes halogenated alkanes) is 1. The second kappa shape index (κ2) is 7.75. The van der Waals surface area contributed by atoms with Gasteiger partial charge >= 0.3 is 0 Å². The molecule has 0 saturated heterocycles. The number of hydrogen-bond acceptors (Lipinski definition) is 2. The fourth-order valence-electron chi connectivity index (χ4n) is 2.14. The lowest BCUT2D eigenvalue weighted by Crippen LogP contribution is -1.91. The predicted molar refractivity (Wildman–Crippen MR) is 89.4 cm³/mol. The van der Waals surface area contributed by atoms with Crippen molar-refractivity contribution in [3.05, 3.63) is 65.2 Å². The minimum absolute atomic E-state index is 0.424. The number of aliphatic hydroxyl groups excluding tert-OH is 1. The molecule has 0 radical (unpaired) electrons. The third-order valence-corrected chi connectivity index (χ3v) is 3.54. The summed E-state index contributed by atoms with van der Waals surface area (Å²) in [6, 6.07) is 16.2. The van der Waals surface area contributed by atoms with Crippen molar-refractivity contribution in [1.82, 2.24) is 0 Å². The van der Waals surface area contributed by atoms with E-state index in [1.54, 1.807) is 6.92 Å². The first kappa shape index (κ1) is 15.5. The Bertz CT molecular complexity index is 568. The van der Waals surface area contributed by atoms with E-state index >= 15 is 0 Å². The van der Waals surface area contributed by atoms with Crippen molar-refractivity contribution in [2.45, 2.75) is 39.2 Å². The highest BCUT2D eigenvalue weighted by Gasteiger charge is 1.99. The standard InChI is InChI=1S/C19H23NO/c1-3-4-5-16-8-12-19(13-9-16)20-14-17-6-10-18(11-7-17)15(2)21/h6-15,21H,3-5H2,1-2H3/b20-14+. The number of aliphatic hydroxyl groups is 1. The van der Waals surface area contributed by atoms with Crippen molar-refractivity contribution in [3.8, 4) is 0 Å². The summed E-state index contributed by atoms with van der Waals surface area (Å²) in [5, 5.41) is 9.48. The van der Waals surface area contributed by atoms with Crippen molar-refractivity contribution in [2.75, 3.05) is 0 Å². The number of aryl methyl sites for hydroxylation is 1. The summed E-state index contributed by atoms with van der Waals surface area (Å²) in [6.07, 6.45) is 5.03. The van der Waals surface area contributed by atoms with Gasteiger partial charge in [-0.2, -0.15) is 0 Å². The molecule has 21 heavy (non-hydrogen) atoms. The van der Waals surface area contributed by atoms with Crippen molar-refractivity contribution >= 4 is 11.9 Å². The Hall–Kier alpha value is -1.93. The molecule has 1 atom stereocenters. The fourth-order valence-corrected chi connectivity index (χ4v) is 2.14. The van der Waals surface area contributed by atoms with Gasteiger partial charge < -0.3 is 5.11 Å². The molecule has 2 aromatic rings. The molecule has 1 unspecified atom stereocenters. The first-order valence-corrected chi connectivity index (χ1v) is 7.60. The van der Waals surface area contributed by atoms with E-state index in [9.17, 15) is 5.11 Å². The molecule has 0 heterocycles. The molecule has 0 saturated carbocycles. The van der Waals surface area contributed by atoms with Gasteiger partial charge in [-0.3, -0.25) is 4.99 Å². The Labute approximate surface area is 127 Å². The zero-order valence-corrected chi connectivity index (χ0v) is 12.8. The topological polar surface area (TPSA) is 32.6 Å². The van der Waals surface area contributed by atoms with E-state index in [1.165, 1.54) is 18.4 Å². The number of nitrogens with zero attached hydrogens (tertiary/aromatic N) is 1. The van der Waals surface area contributed by atoms with Crippen LogP contribution in [0.4, 0.5) is 5.69 Å². The molecule has 2 aromatic carbocycles. The van der Waals surface area contributed by atoms with Crippen molar-refractivity contribution in [3.63, 3.8) is 0 Å². The zero-order valence-electron chi connectivity index (χ0n) is 12.8. The first-order chi connectivity index (χ1) is 10.2. The van der Waals surface area contributed by atoms with E-state index in [1.807, 2.05) is 30.5 Å². The van der Waals surface area contributed by atoms with Gasteiger partial charge in [-0.05, 0) is 48.6 Å². The van der Waals surface area contributed by atoms with Crippen LogP contribution >= 0.6 is 0 Å². The summed E-state index contributed by atoms with van der Waals surface area (Å²) in [4.78, 5) is 4.48. The highest BCUT2D eigenvalue weighted by Crippen LogP contribution is 2.16. The van der Waals surface area contributed by atoms with Crippen molar-refractivity contribution in [1.29, 1.82) is 0 Å². The molecule has 2 heteroatoms. The molecule has 0 fully saturated rings. The van der Waals surface area contributed by atoms with Crippen LogP contribution in [0.25, 0.3) is 0 Å². The van der Waals surface area contributed by atoms with E-state index in [-0.39, 0.29) is 0 Å². The van der Waals surface area contributed by atoms with Gasteiger partial charge in [0.05, 0.1) is 11.8 Å². The molecular weight excluding hydrogens is 258 g/mol. The largest absolute Gasteiger partial charge is 0.389 e. The molecule has 0 bridgehead atoms. The van der Waals surface area contributed by atoms with E-state index in [0.29, 0.717) is 0 Å². The molecule has 0 aliphatic carbocycles. The zero-order chi connectivity index (χ0) is 15.1. The maximum absolute atomic E-state index is 9.48. The minimum Gasteiger partial charge on any atom is -0.389 e. The van der Waals surface area contributed by atoms with Gasteiger partial charge in [0.2, 0.25) is 0 Å². The van der Waals surface area contributed by atoms with Crippen LogP contribution in [0.5, 0.6) is 0 Å². The van der Waals surface area contributed by atoms with Crippen LogP contribution in [0.1, 0.15) is 49.5 Å². The first-order valence-electron chi connectivity index (χ1n) is 7.60. The Morgan fingerprint density at radius 1 is 1.05 bits per heavy atom. The smallest absolute Gasteiger partial charge is 0.0761 e. The summed E-state index contributed by atoms with van der Waals surface area (Å²) < 4.78 is 0. The van der Waals surface area contributed by atoms with Gasteiger partial charge in [-0.25, -0.2) is 0 Å². The van der Waals surface area contributed by atoms with Crippen LogP contribution < -0.4 is 0 Å². The Morgan fingerprint density at radius 2 is 1.71 bits per heavy atom. The molecule has 110 valence electrons. The van der Waals surface area contributed by atoms with E-state index in [2.05, 4.69) is 36.2 Å². The van der Waals surface area contributed by atoms with Gasteiger partial charge in [0, 0.05) is 6.21 Å². The number of rotatable bonds is 6. The molecule has 1 N–H and O–H groups in total. The van der Waals surface area contributed by atoms with Crippen LogP contribution in [0.3, 0.4) is 0 Å². The lowest BCUT2D eigenvalue weighted by Gasteiger charge is -2.04. The van der Waals surface area contributed by atoms with Crippen LogP contribution in [0, 0.1) is 0 Å². The third kappa shape index (κ3) is 4.83. The van der Waals surface area contributed by atoms with Crippen molar-refractivity contribution < 1.29 is 5.11 Å². The summed E-state index contributed by atoms with van der Waals surface area (Å²) in [5.74, 6) is 0. The summed E-state index contributed by atoms with van der Waals surface area (Å²) in [7, 11) is 0. The minimum atomic E-state index is -0.424. The summed E-state index contributed by atoms with van der Waals surface area (Å²) in [5.41, 5.74) is 4.30. The second-order valence-corrected chi connectivity index (χ2v) is 5.37. The van der Waals surface area contributed by atoms with E-state index in [0.717, 1.165) is 23.2 Å². The molecule has 2 rings (SSSR count). The van der Waals surface area contributed by atoms with Crippen LogP contribution in [0.15, 0.2) is 53.5 Å². The summed E-state index contributed by atoms with van der Waals surface area (Å²) in [6.45, 7) is 3.98. The molecule has 0 aliphatic rings. The second-order valence-electron chi connectivity index (χ2n) is 5.37. The molecular formula is C19H23NO. The normalized spacial score (nSPS) is 12.7. The molecule has 0 aliphatic heterocycles. The number of hydrogen-bond donors (Lipinski definition) is 1. The van der Waals surface area contributed by atoms with Crippen LogP contribution in [0.2, 0.25) is 0 Å². The Kier molecular flexibility index (Phi) is 5.70. The van der Waals surface area contributed by atoms with Gasteiger partial charge in [0.25, 0.3) is 0 Å². The molecule has 0 aromatic heterocycles. The fraction of sp³-hybridized carbons (Fsp3) is 0.316. The monoisotopic (exact) mass is 281 g/mol. The van der Waals surface area contributed by atoms with Gasteiger partial charge in [0.1, 0.15) is 0 Å². The van der Waals surface area contributed by atoms with Gasteiger partial charge in [-0.1, -0.05) is 49.7 Å². The van der Waals surface area contributed by atoms with E-state index < -0.39 is 6.10 Å². The van der Waals surface area contributed by atoms with Crippen molar-refractivity contribution in [2.24, 2.45) is 4.99 Å². The SMILES string of the molecule is CCCCc1ccc(/N=C/c2ccc(C(C)O)cc2)cc1. The van der Waals surface area contributed by atoms with Gasteiger partial charge in [0.15, 0.2) is 0 Å². The van der Waals surface area contributed by atoms with E-state index in [4.69, 9.17) is 0 Å². The lowest BCUT2D eigenvalue weighted by atomic mass is 10.1. The number of aliphatic imine (C=N–C) groups is 1. The molecule has 0 amide bonds. The third-order valence-electron chi connectivity index (χ3n) is 3.54. The quantitative estimate of drug-likeness (QED) is 0.755. The number of benzene rings is 2. The van der Waals surface area contributed by atoms with Crippen LogP contribution in [-0.2, 0) is 6.42 Å². The average molecular weight is 281 g/mol. The maximum Gasteiger partial charge on any atom is 0.0761 e. The lowest BCUT2D eigenvalue weighted by molar-refractivity contribution is 0.199. The predicted octanol–water partition coefficient (Wildman–Crippen LogP) is 4.83. The average Bonchev–Trinajstić information content (AvgIpc) is 2.52. The Morgan fingerprint density at radius 3 is 2.29 bits per heavy atom. The van der Waals surface area contributed by atoms with Gasteiger partial charge in [-0.15, -0.1) is 0 Å². The highest BCUT2D eigenvalue weighted by molar-refractivity contribution is 5.81. The molecule has 0 spiro atoms.